The third-order valence-electron chi connectivity index (χ3n) is 8.20. The van der Waals surface area contributed by atoms with Crippen molar-refractivity contribution in [2.45, 2.75) is 71.1 Å². The summed E-state index contributed by atoms with van der Waals surface area (Å²) < 4.78 is 5.54. The normalized spacial score (nSPS) is 27.2. The van der Waals surface area contributed by atoms with Crippen molar-refractivity contribution in [2.75, 3.05) is 17.2 Å². The molecule has 0 radical (unpaired) electrons. The molecular formula is C29H35N7O2. The van der Waals surface area contributed by atoms with Crippen LogP contribution in [0.15, 0.2) is 30.5 Å². The quantitative estimate of drug-likeness (QED) is 0.472. The van der Waals surface area contributed by atoms with E-state index in [1.54, 1.807) is 6.07 Å². The van der Waals surface area contributed by atoms with Crippen molar-refractivity contribution in [1.82, 2.24) is 15.3 Å². The van der Waals surface area contributed by atoms with E-state index in [2.05, 4.69) is 38.1 Å². The highest BCUT2D eigenvalue weighted by Gasteiger charge is 2.55. The van der Waals surface area contributed by atoms with E-state index in [4.69, 9.17) is 4.74 Å². The van der Waals surface area contributed by atoms with Gasteiger partial charge in [-0.3, -0.25) is 0 Å². The number of carbonyl (C=O) groups is 1. The van der Waals surface area contributed by atoms with Gasteiger partial charge >= 0.3 is 6.09 Å². The summed E-state index contributed by atoms with van der Waals surface area (Å²) >= 11 is 0. The molecule has 1 aromatic heterocycles. The van der Waals surface area contributed by atoms with Crippen LogP contribution >= 0.6 is 0 Å². The molecule has 3 N–H and O–H groups in total. The van der Waals surface area contributed by atoms with Gasteiger partial charge in [0.05, 0.1) is 17.8 Å². The van der Waals surface area contributed by atoms with Gasteiger partial charge in [-0.25, -0.2) is 9.78 Å². The highest BCUT2D eigenvalue weighted by molar-refractivity contribution is 5.68. The van der Waals surface area contributed by atoms with Gasteiger partial charge in [-0.15, -0.1) is 0 Å². The first-order valence-electron chi connectivity index (χ1n) is 13.4. The van der Waals surface area contributed by atoms with Gasteiger partial charge in [0.1, 0.15) is 23.1 Å². The minimum absolute atomic E-state index is 0.125. The van der Waals surface area contributed by atoms with Gasteiger partial charge in [-0.2, -0.15) is 15.5 Å². The van der Waals surface area contributed by atoms with Gasteiger partial charge in [-0.05, 0) is 87.7 Å². The van der Waals surface area contributed by atoms with Gasteiger partial charge in [0.25, 0.3) is 0 Å². The van der Waals surface area contributed by atoms with Crippen LogP contribution in [0.5, 0.6) is 0 Å². The lowest BCUT2D eigenvalue weighted by molar-refractivity contribution is -0.0703. The number of amides is 1. The third kappa shape index (κ3) is 5.52. The highest BCUT2D eigenvalue weighted by atomic mass is 16.6. The molecule has 9 heteroatoms. The van der Waals surface area contributed by atoms with Crippen molar-refractivity contribution >= 4 is 17.9 Å². The summed E-state index contributed by atoms with van der Waals surface area (Å²) in [6.45, 7) is 6.81. The molecule has 5 atom stereocenters. The van der Waals surface area contributed by atoms with Crippen molar-refractivity contribution in [2.24, 2.45) is 23.2 Å². The second-order valence-corrected chi connectivity index (χ2v) is 12.2. The number of hydrogen-bond acceptors (Lipinski definition) is 8. The molecular weight excluding hydrogens is 478 g/mol. The summed E-state index contributed by atoms with van der Waals surface area (Å²) in [4.78, 5) is 21.4. The minimum atomic E-state index is -0.510. The maximum absolute atomic E-state index is 12.5. The average molecular weight is 514 g/mol. The summed E-state index contributed by atoms with van der Waals surface area (Å²) in [6, 6.07) is 12.0. The number of nitrogens with zero attached hydrogens (tertiary/aromatic N) is 4. The van der Waals surface area contributed by atoms with E-state index in [1.807, 2.05) is 39.0 Å². The van der Waals surface area contributed by atoms with Crippen LogP contribution in [0, 0.1) is 45.8 Å². The van der Waals surface area contributed by atoms with Crippen molar-refractivity contribution in [3.63, 3.8) is 0 Å². The molecule has 1 aromatic carbocycles. The lowest BCUT2D eigenvalue weighted by Crippen LogP contribution is -2.60. The fourth-order valence-electron chi connectivity index (χ4n) is 7.00. The van der Waals surface area contributed by atoms with Crippen molar-refractivity contribution < 1.29 is 9.53 Å². The Hall–Kier alpha value is -3.85. The monoisotopic (exact) mass is 513 g/mol. The molecule has 4 fully saturated rings. The molecule has 1 unspecified atom stereocenters. The number of rotatable bonds is 7. The Labute approximate surface area is 224 Å². The topological polar surface area (TPSA) is 136 Å². The van der Waals surface area contributed by atoms with E-state index in [1.165, 1.54) is 6.20 Å². The van der Waals surface area contributed by atoms with Gasteiger partial charge in [0, 0.05) is 19.1 Å². The molecule has 1 amide bonds. The van der Waals surface area contributed by atoms with Crippen LogP contribution in [0.2, 0.25) is 0 Å². The molecule has 6 rings (SSSR count). The molecule has 38 heavy (non-hydrogen) atoms. The van der Waals surface area contributed by atoms with Crippen LogP contribution in [0.25, 0.3) is 0 Å². The van der Waals surface area contributed by atoms with Crippen molar-refractivity contribution in [3.05, 3.63) is 47.2 Å². The molecule has 1 heterocycles. The number of ether oxygens (including phenoxy) is 1. The number of nitriles is 2. The summed E-state index contributed by atoms with van der Waals surface area (Å²) in [7, 11) is 0. The first-order valence-corrected chi connectivity index (χ1v) is 13.4. The number of hydrogen-bond donors (Lipinski definition) is 3. The maximum atomic E-state index is 12.5. The number of anilines is 2. The number of carbonyl (C=O) groups excluding carboxylic acids is 1. The minimum Gasteiger partial charge on any atom is -0.444 e. The highest BCUT2D eigenvalue weighted by Crippen LogP contribution is 2.60. The maximum Gasteiger partial charge on any atom is 0.407 e. The summed E-state index contributed by atoms with van der Waals surface area (Å²) in [5.74, 6) is 2.48. The Morgan fingerprint density at radius 1 is 1.08 bits per heavy atom. The van der Waals surface area contributed by atoms with Crippen LogP contribution in [-0.4, -0.2) is 34.2 Å². The lowest BCUT2D eigenvalue weighted by Gasteiger charge is -2.60. The zero-order valence-electron chi connectivity index (χ0n) is 22.3. The Morgan fingerprint density at radius 3 is 2.47 bits per heavy atom. The van der Waals surface area contributed by atoms with Gasteiger partial charge in [-0.1, -0.05) is 18.2 Å². The molecule has 198 valence electrons. The van der Waals surface area contributed by atoms with E-state index < -0.39 is 5.60 Å². The Kier molecular flexibility index (Phi) is 6.88. The van der Waals surface area contributed by atoms with Crippen LogP contribution in [0.1, 0.15) is 69.6 Å². The summed E-state index contributed by atoms with van der Waals surface area (Å²) in [5, 5.41) is 28.9. The molecule has 0 saturated heterocycles. The molecule has 9 nitrogen and oxygen atoms in total. The molecule has 4 aliphatic rings. The fraction of sp³-hybridized carbons (Fsp3) is 0.552. The van der Waals surface area contributed by atoms with Gasteiger partial charge < -0.3 is 20.7 Å². The van der Waals surface area contributed by atoms with E-state index in [0.717, 1.165) is 44.2 Å². The number of alkyl carbamates (subject to hydrolysis) is 1. The number of benzene rings is 1. The number of nitrogens with one attached hydrogen (secondary N) is 3. The lowest BCUT2D eigenvalue weighted by atomic mass is 9.48. The van der Waals surface area contributed by atoms with E-state index >= 15 is 0 Å². The molecule has 0 aliphatic heterocycles. The second-order valence-electron chi connectivity index (χ2n) is 12.2. The van der Waals surface area contributed by atoms with E-state index in [9.17, 15) is 15.3 Å². The fourth-order valence-corrected chi connectivity index (χ4v) is 7.00. The van der Waals surface area contributed by atoms with Crippen LogP contribution in [-0.2, 0) is 11.3 Å². The van der Waals surface area contributed by atoms with Gasteiger partial charge in [0.15, 0.2) is 0 Å². The molecule has 4 saturated carbocycles. The zero-order chi connectivity index (χ0) is 26.9. The van der Waals surface area contributed by atoms with Gasteiger partial charge in [0.2, 0.25) is 5.95 Å². The smallest absolute Gasteiger partial charge is 0.407 e. The summed E-state index contributed by atoms with van der Waals surface area (Å²) in [5.41, 5.74) is 1.49. The molecule has 2 aromatic rings. The third-order valence-corrected chi connectivity index (χ3v) is 8.20. The summed E-state index contributed by atoms with van der Waals surface area (Å²) in [6.07, 6.45) is 6.75. The first kappa shape index (κ1) is 25.8. The Balaban J connectivity index is 1.25. The first-order chi connectivity index (χ1) is 18.2. The largest absolute Gasteiger partial charge is 0.444 e. The van der Waals surface area contributed by atoms with Crippen molar-refractivity contribution in [3.8, 4) is 12.1 Å². The SMILES string of the molecule is CC(C)(C)OC(=O)N[C@@H]1[C@@H]2CC3C[C@H]1C[C@@](CNc1nc(NCc4ccccc4C#N)ncc1C#N)(C3)C2. The van der Waals surface area contributed by atoms with Crippen molar-refractivity contribution in [1.29, 1.82) is 10.5 Å². The Morgan fingerprint density at radius 2 is 1.79 bits per heavy atom. The molecule has 4 bridgehead atoms. The molecule has 4 aliphatic carbocycles. The van der Waals surface area contributed by atoms with Crippen LogP contribution in [0.3, 0.4) is 0 Å². The standard InChI is InChI=1S/C29H35N7O2/c1-28(2,3)38-27(37)35-24-21-8-18-9-22(24)12-29(10-18,11-21)17-34-25-23(14-31)16-33-26(36-25)32-15-20-7-5-4-6-19(20)13-30/h4-7,16,18,21-22,24H,8-12,15,17H2,1-3H3,(H,35,37)(H2,32,33,34,36)/t18?,21-,22+,24-,29-. The van der Waals surface area contributed by atoms with E-state index in [0.29, 0.717) is 47.2 Å². The predicted molar refractivity (Wildman–Crippen MR) is 143 cm³/mol. The Bertz CT molecular complexity index is 1270. The zero-order valence-corrected chi connectivity index (χ0v) is 22.3. The predicted octanol–water partition coefficient (Wildman–Crippen LogP) is 4.96. The van der Waals surface area contributed by atoms with Crippen LogP contribution < -0.4 is 16.0 Å². The van der Waals surface area contributed by atoms with E-state index in [-0.39, 0.29) is 17.6 Å². The second kappa shape index (κ2) is 10.1. The number of aromatic nitrogens is 2. The van der Waals surface area contributed by atoms with Crippen LogP contribution in [0.4, 0.5) is 16.6 Å². The average Bonchev–Trinajstić information content (AvgIpc) is 2.87. The molecule has 0 spiro atoms.